The monoisotopic (exact) mass is 254 g/mol. The summed E-state index contributed by atoms with van der Waals surface area (Å²) in [6.07, 6.45) is -0.0652. The van der Waals surface area contributed by atoms with Gasteiger partial charge in [0.25, 0.3) is 0 Å². The van der Waals surface area contributed by atoms with E-state index in [1.54, 1.807) is 0 Å². The molecule has 1 fully saturated rings. The third-order valence-electron chi connectivity index (χ3n) is 3.05. The van der Waals surface area contributed by atoms with Crippen molar-refractivity contribution >= 4 is 17.5 Å². The van der Waals surface area contributed by atoms with Crippen LogP contribution in [0.4, 0.5) is 14.5 Å². The number of primary amides is 1. The van der Waals surface area contributed by atoms with E-state index < -0.39 is 29.4 Å². The van der Waals surface area contributed by atoms with E-state index in [0.29, 0.717) is 0 Å². The lowest BCUT2D eigenvalue weighted by atomic mass is 10.1. The second-order valence-corrected chi connectivity index (χ2v) is 4.36. The first-order valence-electron chi connectivity index (χ1n) is 5.45. The van der Waals surface area contributed by atoms with E-state index in [-0.39, 0.29) is 24.2 Å². The molecule has 0 saturated carbocycles. The minimum absolute atomic E-state index is 0.00636. The highest BCUT2D eigenvalue weighted by atomic mass is 19.1. The molecule has 4 nitrogen and oxygen atoms in total. The first kappa shape index (κ1) is 12.5. The maximum Gasteiger partial charge on any atom is 0.227 e. The van der Waals surface area contributed by atoms with Gasteiger partial charge in [-0.1, -0.05) is 0 Å². The molecule has 18 heavy (non-hydrogen) atoms. The number of carbonyl (C=O) groups excluding carboxylic acids is 2. The average molecular weight is 254 g/mol. The third kappa shape index (κ3) is 2.05. The molecule has 1 saturated heterocycles. The molecule has 1 unspecified atom stereocenters. The minimum atomic E-state index is -0.688. The van der Waals surface area contributed by atoms with E-state index in [0.717, 1.165) is 17.0 Å². The number of anilines is 1. The van der Waals surface area contributed by atoms with Crippen LogP contribution in [0.1, 0.15) is 12.0 Å². The Kier molecular flexibility index (Phi) is 3.02. The minimum Gasteiger partial charge on any atom is -0.369 e. The van der Waals surface area contributed by atoms with Crippen LogP contribution in [-0.2, 0) is 9.59 Å². The zero-order chi connectivity index (χ0) is 13.4. The molecule has 1 aliphatic heterocycles. The number of nitrogens with two attached hydrogens (primary N) is 1. The van der Waals surface area contributed by atoms with Crippen molar-refractivity contribution < 1.29 is 18.4 Å². The lowest BCUT2D eigenvalue weighted by Gasteiger charge is -2.17. The highest BCUT2D eigenvalue weighted by Crippen LogP contribution is 2.29. The van der Waals surface area contributed by atoms with Crippen LogP contribution < -0.4 is 10.6 Å². The van der Waals surface area contributed by atoms with Gasteiger partial charge >= 0.3 is 0 Å². The first-order valence-corrected chi connectivity index (χ1v) is 5.45. The predicted molar refractivity (Wildman–Crippen MR) is 60.7 cm³/mol. The third-order valence-corrected chi connectivity index (χ3v) is 3.05. The Balaban J connectivity index is 2.35. The lowest BCUT2D eigenvalue weighted by molar-refractivity contribution is -0.123. The molecule has 1 aromatic carbocycles. The van der Waals surface area contributed by atoms with Gasteiger partial charge in [-0.3, -0.25) is 9.59 Å². The van der Waals surface area contributed by atoms with Crippen molar-refractivity contribution in [3.63, 3.8) is 0 Å². The number of carbonyl (C=O) groups is 2. The van der Waals surface area contributed by atoms with Gasteiger partial charge in [-0.2, -0.15) is 0 Å². The molecule has 2 N–H and O–H groups in total. The van der Waals surface area contributed by atoms with Crippen molar-refractivity contribution in [2.45, 2.75) is 13.3 Å². The van der Waals surface area contributed by atoms with Crippen LogP contribution in [0.5, 0.6) is 0 Å². The molecule has 0 aliphatic carbocycles. The Morgan fingerprint density at radius 1 is 1.39 bits per heavy atom. The summed E-state index contributed by atoms with van der Waals surface area (Å²) >= 11 is 0. The fraction of sp³-hybridized carbons (Fsp3) is 0.333. The Bertz CT molecular complexity index is 531. The Morgan fingerprint density at radius 2 is 2.06 bits per heavy atom. The maximum atomic E-state index is 13.7. The van der Waals surface area contributed by atoms with E-state index in [2.05, 4.69) is 0 Å². The molecule has 2 amide bonds. The number of aryl methyl sites for hydroxylation is 1. The van der Waals surface area contributed by atoms with Gasteiger partial charge in [-0.15, -0.1) is 0 Å². The fourth-order valence-corrected chi connectivity index (χ4v) is 1.97. The second-order valence-electron chi connectivity index (χ2n) is 4.36. The Morgan fingerprint density at radius 3 is 2.61 bits per heavy atom. The number of rotatable bonds is 2. The normalized spacial score (nSPS) is 19.4. The Labute approximate surface area is 102 Å². The van der Waals surface area contributed by atoms with E-state index >= 15 is 0 Å². The van der Waals surface area contributed by atoms with Gasteiger partial charge in [-0.25, -0.2) is 8.78 Å². The summed E-state index contributed by atoms with van der Waals surface area (Å²) in [7, 11) is 0. The van der Waals surface area contributed by atoms with Gasteiger partial charge in [0.2, 0.25) is 11.8 Å². The molecule has 6 heteroatoms. The molecular weight excluding hydrogens is 242 g/mol. The number of benzene rings is 1. The largest absolute Gasteiger partial charge is 0.369 e. The molecule has 0 bridgehead atoms. The SMILES string of the molecule is Cc1cc(F)c(N2CC(C(N)=O)CC2=O)cc1F. The number of hydrogen-bond donors (Lipinski definition) is 1. The summed E-state index contributed by atoms with van der Waals surface area (Å²) in [5, 5.41) is 0. The van der Waals surface area contributed by atoms with Crippen LogP contribution >= 0.6 is 0 Å². The van der Waals surface area contributed by atoms with Gasteiger partial charge in [0.1, 0.15) is 11.6 Å². The van der Waals surface area contributed by atoms with Crippen LogP contribution in [0.2, 0.25) is 0 Å². The molecule has 1 aromatic rings. The molecule has 2 rings (SSSR count). The highest BCUT2D eigenvalue weighted by molar-refractivity contribution is 6.00. The van der Waals surface area contributed by atoms with Crippen LogP contribution in [0.3, 0.4) is 0 Å². The van der Waals surface area contributed by atoms with Crippen molar-refractivity contribution in [3.05, 3.63) is 29.3 Å². The second kappa shape index (κ2) is 4.36. The predicted octanol–water partition coefficient (Wildman–Crippen LogP) is 1.11. The Hall–Kier alpha value is -1.98. The zero-order valence-electron chi connectivity index (χ0n) is 9.74. The summed E-state index contributed by atoms with van der Waals surface area (Å²) in [6, 6.07) is 1.99. The van der Waals surface area contributed by atoms with Crippen molar-refractivity contribution in [3.8, 4) is 0 Å². The van der Waals surface area contributed by atoms with Crippen LogP contribution in [0.25, 0.3) is 0 Å². The summed E-state index contributed by atoms with van der Waals surface area (Å²) in [6.45, 7) is 1.42. The van der Waals surface area contributed by atoms with Crippen LogP contribution in [0, 0.1) is 24.5 Å². The highest BCUT2D eigenvalue weighted by Gasteiger charge is 2.35. The van der Waals surface area contributed by atoms with Crippen LogP contribution in [-0.4, -0.2) is 18.4 Å². The average Bonchev–Trinajstić information content (AvgIpc) is 2.66. The standard InChI is InChI=1S/C12H12F2N2O2/c1-6-2-9(14)10(4-8(6)13)16-5-7(12(15)18)3-11(16)17/h2,4,7H,3,5H2,1H3,(H2,15,18). The lowest BCUT2D eigenvalue weighted by Crippen LogP contribution is -2.29. The quantitative estimate of drug-likeness (QED) is 0.859. The van der Waals surface area contributed by atoms with Crippen LogP contribution in [0.15, 0.2) is 12.1 Å². The number of nitrogens with zero attached hydrogens (tertiary/aromatic N) is 1. The topological polar surface area (TPSA) is 63.4 Å². The van der Waals surface area contributed by atoms with E-state index in [1.165, 1.54) is 6.92 Å². The number of amides is 2. The van der Waals surface area contributed by atoms with Gasteiger partial charge in [0, 0.05) is 19.0 Å². The van der Waals surface area contributed by atoms with E-state index in [9.17, 15) is 18.4 Å². The van der Waals surface area contributed by atoms with E-state index in [4.69, 9.17) is 5.73 Å². The fourth-order valence-electron chi connectivity index (χ4n) is 1.97. The smallest absolute Gasteiger partial charge is 0.227 e. The molecular formula is C12H12F2N2O2. The van der Waals surface area contributed by atoms with Gasteiger partial charge in [0.15, 0.2) is 0 Å². The zero-order valence-corrected chi connectivity index (χ0v) is 9.74. The van der Waals surface area contributed by atoms with Crippen molar-refractivity contribution in [1.29, 1.82) is 0 Å². The number of hydrogen-bond acceptors (Lipinski definition) is 2. The summed E-state index contributed by atoms with van der Waals surface area (Å²) < 4.78 is 27.1. The summed E-state index contributed by atoms with van der Waals surface area (Å²) in [5.41, 5.74) is 5.12. The molecule has 0 spiro atoms. The molecule has 1 atom stereocenters. The van der Waals surface area contributed by atoms with Gasteiger partial charge < -0.3 is 10.6 Å². The first-order chi connectivity index (χ1) is 8.40. The van der Waals surface area contributed by atoms with Crippen molar-refractivity contribution in [2.75, 3.05) is 11.4 Å². The van der Waals surface area contributed by atoms with Gasteiger partial charge in [-0.05, 0) is 18.6 Å². The molecule has 0 aromatic heterocycles. The molecule has 1 heterocycles. The summed E-state index contributed by atoms with van der Waals surface area (Å²) in [4.78, 5) is 23.7. The van der Waals surface area contributed by atoms with Gasteiger partial charge in [0.05, 0.1) is 11.6 Å². The number of halogens is 2. The summed E-state index contributed by atoms with van der Waals surface area (Å²) in [5.74, 6) is -2.98. The molecule has 0 radical (unpaired) electrons. The molecule has 96 valence electrons. The maximum absolute atomic E-state index is 13.7. The molecule has 1 aliphatic rings. The van der Waals surface area contributed by atoms with Crippen molar-refractivity contribution in [2.24, 2.45) is 11.7 Å². The van der Waals surface area contributed by atoms with Crippen molar-refractivity contribution in [1.82, 2.24) is 0 Å². The van der Waals surface area contributed by atoms with E-state index in [1.807, 2.05) is 0 Å².